The van der Waals surface area contributed by atoms with Gasteiger partial charge in [0.15, 0.2) is 6.29 Å². The molecule has 1 aromatic carbocycles. The van der Waals surface area contributed by atoms with Crippen molar-refractivity contribution in [1.82, 2.24) is 0 Å². The Hall–Kier alpha value is -1.17. The van der Waals surface area contributed by atoms with E-state index in [0.717, 1.165) is 0 Å². The second kappa shape index (κ2) is 4.18. The summed E-state index contributed by atoms with van der Waals surface area (Å²) in [4.78, 5) is 9.97. The maximum atomic E-state index is 9.97. The summed E-state index contributed by atoms with van der Waals surface area (Å²) in [5, 5.41) is 0.760. The third-order valence-corrected chi connectivity index (χ3v) is 1.99. The molecule has 0 unspecified atom stereocenters. The minimum atomic E-state index is 0.375. The second-order valence-corrected chi connectivity index (χ2v) is 3.06. The fraction of sp³-hybridized carbons (Fsp3) is 0. The monoisotopic (exact) mass is 213 g/mol. The zero-order valence-electron chi connectivity index (χ0n) is 6.47. The minimum absolute atomic E-state index is 0.375. The van der Waals surface area contributed by atoms with E-state index in [4.69, 9.17) is 28.9 Å². The standard InChI is InChI=1S/C9H5Cl2NO/c10-7-5-9(12)8(11)4-6(7)2-1-3-13/h3-5H,12H2. The van der Waals surface area contributed by atoms with Gasteiger partial charge in [-0.3, -0.25) is 4.79 Å². The SMILES string of the molecule is Nc1cc(Cl)c(C#CC=O)cc1Cl. The predicted octanol–water partition coefficient (Wildman–Crippen LogP) is 2.13. The van der Waals surface area contributed by atoms with Gasteiger partial charge in [0.2, 0.25) is 0 Å². The molecule has 1 aromatic rings. The molecule has 0 fully saturated rings. The Morgan fingerprint density at radius 2 is 2.00 bits per heavy atom. The highest BCUT2D eigenvalue weighted by molar-refractivity contribution is 6.35. The van der Waals surface area contributed by atoms with Crippen molar-refractivity contribution in [1.29, 1.82) is 0 Å². The van der Waals surface area contributed by atoms with Crippen molar-refractivity contribution in [3.05, 3.63) is 27.7 Å². The lowest BCUT2D eigenvalue weighted by molar-refractivity contribution is -0.103. The number of nitrogen functional groups attached to an aromatic ring is 1. The van der Waals surface area contributed by atoms with Gasteiger partial charge in [-0.05, 0) is 18.1 Å². The highest BCUT2D eigenvalue weighted by atomic mass is 35.5. The van der Waals surface area contributed by atoms with Gasteiger partial charge in [-0.25, -0.2) is 0 Å². The molecule has 13 heavy (non-hydrogen) atoms. The summed E-state index contributed by atoms with van der Waals surface area (Å²) in [6, 6.07) is 3.02. The molecule has 66 valence electrons. The van der Waals surface area contributed by atoms with Crippen molar-refractivity contribution in [3.63, 3.8) is 0 Å². The largest absolute Gasteiger partial charge is 0.397 e. The third-order valence-electron chi connectivity index (χ3n) is 1.35. The van der Waals surface area contributed by atoms with E-state index in [1.165, 1.54) is 12.1 Å². The molecule has 2 N–H and O–H groups in total. The summed E-state index contributed by atoms with van der Waals surface area (Å²) >= 11 is 11.5. The van der Waals surface area contributed by atoms with Gasteiger partial charge in [0.05, 0.1) is 15.7 Å². The number of anilines is 1. The van der Waals surface area contributed by atoms with Crippen LogP contribution in [0.4, 0.5) is 5.69 Å². The Kier molecular flexibility index (Phi) is 3.18. The molecule has 1 rings (SSSR count). The summed E-state index contributed by atoms with van der Waals surface area (Å²) in [5.74, 6) is 4.78. The smallest absolute Gasteiger partial charge is 0.193 e. The maximum Gasteiger partial charge on any atom is 0.193 e. The summed E-state index contributed by atoms with van der Waals surface area (Å²) in [7, 11) is 0. The number of nitrogens with two attached hydrogens (primary N) is 1. The molecular formula is C9H5Cl2NO. The second-order valence-electron chi connectivity index (χ2n) is 2.24. The molecule has 0 atom stereocenters. The average Bonchev–Trinajstić information content (AvgIpc) is 2.09. The fourth-order valence-corrected chi connectivity index (χ4v) is 1.15. The molecule has 0 aliphatic heterocycles. The van der Waals surface area contributed by atoms with Crippen molar-refractivity contribution in [3.8, 4) is 11.8 Å². The minimum Gasteiger partial charge on any atom is -0.397 e. The van der Waals surface area contributed by atoms with Crippen LogP contribution in [0, 0.1) is 11.8 Å². The molecule has 0 bridgehead atoms. The van der Waals surface area contributed by atoms with Gasteiger partial charge in [0.1, 0.15) is 0 Å². The number of benzene rings is 1. The number of rotatable bonds is 0. The van der Waals surface area contributed by atoms with Crippen LogP contribution in [0.2, 0.25) is 10.0 Å². The zero-order valence-corrected chi connectivity index (χ0v) is 7.99. The topological polar surface area (TPSA) is 43.1 Å². The molecule has 0 saturated heterocycles. The van der Waals surface area contributed by atoms with Crippen molar-refractivity contribution in [2.75, 3.05) is 5.73 Å². The number of aldehydes is 1. The van der Waals surface area contributed by atoms with E-state index in [-0.39, 0.29) is 0 Å². The third kappa shape index (κ3) is 2.38. The van der Waals surface area contributed by atoms with Crippen LogP contribution in [0.3, 0.4) is 0 Å². The van der Waals surface area contributed by atoms with Crippen LogP contribution in [-0.4, -0.2) is 6.29 Å². The van der Waals surface area contributed by atoms with Gasteiger partial charge < -0.3 is 5.73 Å². The van der Waals surface area contributed by atoms with E-state index in [1.54, 1.807) is 0 Å². The first-order valence-corrected chi connectivity index (χ1v) is 4.10. The molecule has 0 radical (unpaired) electrons. The average molecular weight is 214 g/mol. The van der Waals surface area contributed by atoms with Crippen molar-refractivity contribution >= 4 is 35.2 Å². The van der Waals surface area contributed by atoms with Gasteiger partial charge in [-0.1, -0.05) is 29.1 Å². The lowest BCUT2D eigenvalue weighted by Crippen LogP contribution is -1.88. The van der Waals surface area contributed by atoms with Gasteiger partial charge >= 0.3 is 0 Å². The van der Waals surface area contributed by atoms with E-state index >= 15 is 0 Å². The van der Waals surface area contributed by atoms with Crippen LogP contribution in [0.25, 0.3) is 0 Å². The molecular weight excluding hydrogens is 209 g/mol. The molecule has 0 aliphatic rings. The van der Waals surface area contributed by atoms with Crippen LogP contribution in [0.1, 0.15) is 5.56 Å². The highest BCUT2D eigenvalue weighted by Gasteiger charge is 2.02. The van der Waals surface area contributed by atoms with Crippen LogP contribution in [0.5, 0.6) is 0 Å². The molecule has 0 heterocycles. The zero-order chi connectivity index (χ0) is 9.84. The van der Waals surface area contributed by atoms with Crippen LogP contribution in [-0.2, 0) is 4.79 Å². The van der Waals surface area contributed by atoms with E-state index in [1.807, 2.05) is 0 Å². The normalized spacial score (nSPS) is 8.77. The van der Waals surface area contributed by atoms with Crippen molar-refractivity contribution < 1.29 is 4.79 Å². The highest BCUT2D eigenvalue weighted by Crippen LogP contribution is 2.26. The lowest BCUT2D eigenvalue weighted by atomic mass is 10.2. The summed E-state index contributed by atoms with van der Waals surface area (Å²) < 4.78 is 0. The van der Waals surface area contributed by atoms with Crippen molar-refractivity contribution in [2.24, 2.45) is 0 Å². The Morgan fingerprint density at radius 1 is 1.31 bits per heavy atom. The number of hydrogen-bond acceptors (Lipinski definition) is 2. The van der Waals surface area contributed by atoms with E-state index in [0.29, 0.717) is 27.6 Å². The van der Waals surface area contributed by atoms with Crippen molar-refractivity contribution in [2.45, 2.75) is 0 Å². The Labute approximate surface area is 85.6 Å². The van der Waals surface area contributed by atoms with Gasteiger partial charge in [-0.15, -0.1) is 0 Å². The van der Waals surface area contributed by atoms with Gasteiger partial charge in [0, 0.05) is 5.56 Å². The van der Waals surface area contributed by atoms with Crippen LogP contribution in [0.15, 0.2) is 12.1 Å². The maximum absolute atomic E-state index is 9.97. The molecule has 4 heteroatoms. The summed E-state index contributed by atoms with van der Waals surface area (Å²) in [6.45, 7) is 0. The Balaban J connectivity index is 3.23. The number of halogens is 2. The number of carbonyl (C=O) groups excluding carboxylic acids is 1. The van der Waals surface area contributed by atoms with Crippen LogP contribution < -0.4 is 5.73 Å². The van der Waals surface area contributed by atoms with Crippen LogP contribution >= 0.6 is 23.2 Å². The first kappa shape index (κ1) is 9.91. The summed E-state index contributed by atoms with van der Waals surface area (Å²) in [6.07, 6.45) is 0.487. The number of carbonyl (C=O) groups is 1. The van der Waals surface area contributed by atoms with Gasteiger partial charge in [0.25, 0.3) is 0 Å². The Bertz CT molecular complexity index is 404. The Morgan fingerprint density at radius 3 is 2.62 bits per heavy atom. The summed E-state index contributed by atoms with van der Waals surface area (Å²) in [5.41, 5.74) is 6.37. The molecule has 0 saturated carbocycles. The molecule has 0 aliphatic carbocycles. The molecule has 0 amide bonds. The quantitative estimate of drug-likeness (QED) is 0.408. The molecule has 0 spiro atoms. The number of hydrogen-bond donors (Lipinski definition) is 1. The van der Waals surface area contributed by atoms with E-state index in [2.05, 4.69) is 11.8 Å². The predicted molar refractivity (Wildman–Crippen MR) is 53.8 cm³/mol. The lowest BCUT2D eigenvalue weighted by Gasteiger charge is -2.00. The van der Waals surface area contributed by atoms with Gasteiger partial charge in [-0.2, -0.15) is 0 Å². The first-order valence-electron chi connectivity index (χ1n) is 3.35. The van der Waals surface area contributed by atoms with E-state index < -0.39 is 0 Å². The molecule has 0 aromatic heterocycles. The fourth-order valence-electron chi connectivity index (χ4n) is 0.765. The van der Waals surface area contributed by atoms with E-state index in [9.17, 15) is 4.79 Å². The first-order chi connectivity index (χ1) is 6.15. The molecule has 2 nitrogen and oxygen atoms in total.